The van der Waals surface area contributed by atoms with Gasteiger partial charge in [0, 0.05) is 0 Å². The zero-order valence-corrected chi connectivity index (χ0v) is 8.91. The third-order valence-electron chi connectivity index (χ3n) is 1.80. The average Bonchev–Trinajstić information content (AvgIpc) is 1.88. The van der Waals surface area contributed by atoms with Gasteiger partial charge in [0.2, 0.25) is 0 Å². The lowest BCUT2D eigenvalue weighted by Crippen LogP contribution is -2.02. The van der Waals surface area contributed by atoms with Gasteiger partial charge in [0.15, 0.2) is 0 Å². The van der Waals surface area contributed by atoms with Gasteiger partial charge in [-0.25, -0.2) is 0 Å². The van der Waals surface area contributed by atoms with Crippen molar-refractivity contribution in [3.63, 3.8) is 0 Å². The number of halogens is 2. The van der Waals surface area contributed by atoms with E-state index >= 15 is 0 Å². The molecule has 0 aliphatic heterocycles. The first-order valence-electron chi connectivity index (χ1n) is 3.39. The molecule has 0 aromatic rings. The molecule has 1 aliphatic rings. The van der Waals surface area contributed by atoms with E-state index < -0.39 is 0 Å². The van der Waals surface area contributed by atoms with E-state index in [2.05, 4.69) is 44.5 Å². The molecule has 10 heavy (non-hydrogen) atoms. The van der Waals surface area contributed by atoms with Crippen LogP contribution in [0, 0.1) is 5.92 Å². The lowest BCUT2D eigenvalue weighted by Gasteiger charge is -2.17. The van der Waals surface area contributed by atoms with Crippen molar-refractivity contribution >= 4 is 31.9 Å². The Bertz CT molecular complexity index is 170. The second kappa shape index (κ2) is 3.72. The number of hydrogen-bond donors (Lipinski definition) is 0. The van der Waals surface area contributed by atoms with Gasteiger partial charge in [-0.05, 0) is 34.1 Å². The van der Waals surface area contributed by atoms with Crippen molar-refractivity contribution in [2.75, 3.05) is 0 Å². The highest BCUT2D eigenvalue weighted by Gasteiger charge is 2.13. The molecule has 0 aromatic heterocycles. The smallest absolute Gasteiger partial charge is 0.00633 e. The number of rotatable bonds is 1. The van der Waals surface area contributed by atoms with Gasteiger partial charge in [0.05, 0.1) is 0 Å². The van der Waals surface area contributed by atoms with Crippen LogP contribution in [0.15, 0.2) is 21.6 Å². The Morgan fingerprint density at radius 1 is 1.70 bits per heavy atom. The Labute approximate surface area is 78.6 Å². The largest absolute Gasteiger partial charge is 0.0886 e. The summed E-state index contributed by atoms with van der Waals surface area (Å²) in [6.45, 7) is 3.88. The third-order valence-corrected chi connectivity index (χ3v) is 3.17. The lowest BCUT2D eigenvalue weighted by molar-refractivity contribution is 0.576. The van der Waals surface area contributed by atoms with Crippen molar-refractivity contribution < 1.29 is 0 Å². The van der Waals surface area contributed by atoms with Crippen molar-refractivity contribution in [3.8, 4) is 0 Å². The molecule has 1 atom stereocenters. The van der Waals surface area contributed by atoms with Crippen molar-refractivity contribution in [2.24, 2.45) is 5.92 Å². The Kier molecular flexibility index (Phi) is 3.18. The molecule has 1 unspecified atom stereocenters. The maximum absolute atomic E-state index is 3.88. The highest BCUT2D eigenvalue weighted by Crippen LogP contribution is 2.32. The van der Waals surface area contributed by atoms with Gasteiger partial charge in [0.25, 0.3) is 0 Å². The number of allylic oxidation sites excluding steroid dienone is 3. The minimum Gasteiger partial charge on any atom is -0.0886 e. The second-order valence-corrected chi connectivity index (χ2v) is 4.61. The van der Waals surface area contributed by atoms with Crippen molar-refractivity contribution in [1.29, 1.82) is 0 Å². The van der Waals surface area contributed by atoms with E-state index in [9.17, 15) is 0 Å². The minimum atomic E-state index is 0.654. The highest BCUT2D eigenvalue weighted by atomic mass is 79.9. The normalized spacial score (nSPS) is 25.8. The standard InChI is InChI=1S/C8H10Br2/c1-6(9)7-2-4-8(10)5-3-7/h4,7H,1-3,5H2. The van der Waals surface area contributed by atoms with Gasteiger partial charge in [-0.15, -0.1) is 0 Å². The quantitative estimate of drug-likeness (QED) is 0.673. The molecule has 2 heteroatoms. The fourth-order valence-electron chi connectivity index (χ4n) is 1.09. The molecule has 0 radical (unpaired) electrons. The molecular weight excluding hydrogens is 256 g/mol. The van der Waals surface area contributed by atoms with Crippen LogP contribution in [0.25, 0.3) is 0 Å². The van der Waals surface area contributed by atoms with Crippen LogP contribution in [0.5, 0.6) is 0 Å². The molecule has 0 amide bonds. The summed E-state index contributed by atoms with van der Waals surface area (Å²) in [5.74, 6) is 0.654. The topological polar surface area (TPSA) is 0 Å². The van der Waals surface area contributed by atoms with E-state index in [0.717, 1.165) is 17.3 Å². The van der Waals surface area contributed by atoms with Gasteiger partial charge < -0.3 is 0 Å². The molecule has 0 saturated heterocycles. The monoisotopic (exact) mass is 264 g/mol. The first-order valence-corrected chi connectivity index (χ1v) is 4.97. The van der Waals surface area contributed by atoms with Crippen molar-refractivity contribution in [2.45, 2.75) is 19.3 Å². The molecule has 0 nitrogen and oxygen atoms in total. The summed E-state index contributed by atoms with van der Waals surface area (Å²) >= 11 is 6.90. The van der Waals surface area contributed by atoms with E-state index in [1.807, 2.05) is 0 Å². The Hall–Kier alpha value is 0.440. The SMILES string of the molecule is C=C(Br)C1CC=C(Br)CC1. The van der Waals surface area contributed by atoms with Crippen LogP contribution in [0.3, 0.4) is 0 Å². The Morgan fingerprint density at radius 3 is 2.80 bits per heavy atom. The highest BCUT2D eigenvalue weighted by molar-refractivity contribution is 9.12. The third kappa shape index (κ3) is 2.24. The fourth-order valence-corrected chi connectivity index (χ4v) is 1.92. The van der Waals surface area contributed by atoms with Crippen LogP contribution in [0.2, 0.25) is 0 Å². The maximum Gasteiger partial charge on any atom is -0.00633 e. The number of hydrogen-bond acceptors (Lipinski definition) is 0. The summed E-state index contributed by atoms with van der Waals surface area (Å²) in [4.78, 5) is 0. The van der Waals surface area contributed by atoms with Crippen LogP contribution in [0.1, 0.15) is 19.3 Å². The van der Waals surface area contributed by atoms with Crippen LogP contribution in [-0.2, 0) is 0 Å². The zero-order valence-electron chi connectivity index (χ0n) is 5.74. The van der Waals surface area contributed by atoms with Crippen molar-refractivity contribution in [3.05, 3.63) is 21.6 Å². The van der Waals surface area contributed by atoms with E-state index in [1.54, 1.807) is 0 Å². The lowest BCUT2D eigenvalue weighted by atomic mass is 9.95. The summed E-state index contributed by atoms with van der Waals surface area (Å²) in [5, 5.41) is 0. The van der Waals surface area contributed by atoms with Gasteiger partial charge in [-0.2, -0.15) is 0 Å². The molecule has 1 aliphatic carbocycles. The predicted molar refractivity (Wildman–Crippen MR) is 52.4 cm³/mol. The Morgan fingerprint density at radius 2 is 2.40 bits per heavy atom. The first-order chi connectivity index (χ1) is 4.70. The van der Waals surface area contributed by atoms with E-state index in [-0.39, 0.29) is 0 Å². The average molecular weight is 266 g/mol. The summed E-state index contributed by atoms with van der Waals surface area (Å²) in [7, 11) is 0. The molecule has 56 valence electrons. The summed E-state index contributed by atoms with van der Waals surface area (Å²) in [5.41, 5.74) is 0. The minimum absolute atomic E-state index is 0.654. The van der Waals surface area contributed by atoms with Crippen molar-refractivity contribution in [1.82, 2.24) is 0 Å². The molecule has 0 fully saturated rings. The Balaban J connectivity index is 2.50. The summed E-state index contributed by atoms with van der Waals surface area (Å²) in [6, 6.07) is 0. The molecule has 0 bridgehead atoms. The fraction of sp³-hybridized carbons (Fsp3) is 0.500. The van der Waals surface area contributed by atoms with Crippen LogP contribution in [-0.4, -0.2) is 0 Å². The zero-order chi connectivity index (χ0) is 7.56. The summed E-state index contributed by atoms with van der Waals surface area (Å²) in [6.07, 6.45) is 5.75. The molecule has 0 saturated carbocycles. The molecule has 0 heterocycles. The van der Waals surface area contributed by atoms with E-state index in [1.165, 1.54) is 10.9 Å². The predicted octanol–water partition coefficient (Wildman–Crippen LogP) is 3.97. The van der Waals surface area contributed by atoms with Crippen LogP contribution < -0.4 is 0 Å². The summed E-state index contributed by atoms with van der Waals surface area (Å²) < 4.78 is 2.49. The molecule has 0 spiro atoms. The molecule has 0 aromatic carbocycles. The van der Waals surface area contributed by atoms with E-state index in [0.29, 0.717) is 5.92 Å². The van der Waals surface area contributed by atoms with Gasteiger partial charge in [-0.3, -0.25) is 0 Å². The van der Waals surface area contributed by atoms with Crippen LogP contribution >= 0.6 is 31.9 Å². The van der Waals surface area contributed by atoms with E-state index in [4.69, 9.17) is 0 Å². The molecule has 0 N–H and O–H groups in total. The maximum atomic E-state index is 3.88. The first kappa shape index (κ1) is 8.54. The van der Waals surface area contributed by atoms with Gasteiger partial charge >= 0.3 is 0 Å². The molecule has 1 rings (SSSR count). The second-order valence-electron chi connectivity index (χ2n) is 2.57. The molecular formula is C8H10Br2. The van der Waals surface area contributed by atoms with Gasteiger partial charge in [-0.1, -0.05) is 44.5 Å². The van der Waals surface area contributed by atoms with Gasteiger partial charge in [0.1, 0.15) is 0 Å². The van der Waals surface area contributed by atoms with Crippen LogP contribution in [0.4, 0.5) is 0 Å².